The van der Waals surface area contributed by atoms with E-state index in [9.17, 15) is 4.79 Å². The van der Waals surface area contributed by atoms with Crippen LogP contribution in [0.2, 0.25) is 0 Å². The Balaban J connectivity index is 1.53. The molecule has 1 aromatic carbocycles. The van der Waals surface area contributed by atoms with Crippen molar-refractivity contribution in [2.45, 2.75) is 45.1 Å². The summed E-state index contributed by atoms with van der Waals surface area (Å²) in [4.78, 5) is 17.2. The second-order valence-electron chi connectivity index (χ2n) is 7.10. The Hall–Kier alpha value is -1.43. The van der Waals surface area contributed by atoms with Gasteiger partial charge in [-0.3, -0.25) is 9.69 Å². The maximum atomic E-state index is 13.0. The largest absolute Gasteiger partial charge is 0.350 e. The quantitative estimate of drug-likeness (QED) is 0.794. The van der Waals surface area contributed by atoms with Crippen molar-refractivity contribution in [3.05, 3.63) is 35.9 Å². The van der Waals surface area contributed by atoms with Crippen LogP contribution in [0.1, 0.15) is 31.7 Å². The molecule has 2 fully saturated rings. The molecule has 0 aromatic heterocycles. The monoisotopic (exact) mass is 346 g/mol. The van der Waals surface area contributed by atoms with Crippen LogP contribution in [0.3, 0.4) is 0 Å². The fourth-order valence-corrected chi connectivity index (χ4v) is 3.91. The van der Waals surface area contributed by atoms with Crippen LogP contribution in [0.25, 0.3) is 0 Å². The Bertz CT molecular complexity index is 537. The topological polar surface area (TPSA) is 42.0 Å². The SMILES string of the molecule is CC[C@H](C(=O)N1CCC(C2OCCO2)CC1)N(C)Cc1ccccc1. The average Bonchev–Trinajstić information content (AvgIpc) is 3.18. The molecule has 1 aromatic rings. The minimum atomic E-state index is -0.0595. The number of benzene rings is 1. The van der Waals surface area contributed by atoms with Gasteiger partial charge in [-0.25, -0.2) is 0 Å². The van der Waals surface area contributed by atoms with E-state index in [0.29, 0.717) is 19.1 Å². The number of hydrogen-bond acceptors (Lipinski definition) is 4. The second-order valence-corrected chi connectivity index (χ2v) is 7.10. The Labute approximate surface area is 150 Å². The molecule has 1 atom stereocenters. The van der Waals surface area contributed by atoms with Gasteiger partial charge in [0.1, 0.15) is 0 Å². The molecule has 1 amide bonds. The lowest BCUT2D eigenvalue weighted by atomic mass is 9.95. The zero-order valence-corrected chi connectivity index (χ0v) is 15.4. The molecule has 0 bridgehead atoms. The third kappa shape index (κ3) is 4.60. The summed E-state index contributed by atoms with van der Waals surface area (Å²) in [6, 6.07) is 10.3. The molecule has 3 rings (SSSR count). The molecule has 0 unspecified atom stereocenters. The first kappa shape index (κ1) is 18.4. The molecule has 2 aliphatic rings. The lowest BCUT2D eigenvalue weighted by Gasteiger charge is -2.37. The number of carbonyl (C=O) groups excluding carboxylic acids is 1. The molecule has 5 nitrogen and oxygen atoms in total. The highest BCUT2D eigenvalue weighted by Gasteiger charge is 2.34. The summed E-state index contributed by atoms with van der Waals surface area (Å²) in [6.45, 7) is 5.91. The molecular formula is C20H30N2O3. The van der Waals surface area contributed by atoms with Gasteiger partial charge in [0, 0.05) is 25.6 Å². The van der Waals surface area contributed by atoms with Crippen LogP contribution in [-0.4, -0.2) is 61.4 Å². The van der Waals surface area contributed by atoms with Crippen LogP contribution < -0.4 is 0 Å². The molecule has 2 heterocycles. The van der Waals surface area contributed by atoms with Gasteiger partial charge in [0.05, 0.1) is 19.3 Å². The van der Waals surface area contributed by atoms with Crippen LogP contribution >= 0.6 is 0 Å². The van der Waals surface area contributed by atoms with Crippen LogP contribution in [-0.2, 0) is 20.8 Å². The van der Waals surface area contributed by atoms with E-state index < -0.39 is 0 Å². The molecule has 138 valence electrons. The highest BCUT2D eigenvalue weighted by Crippen LogP contribution is 2.26. The maximum absolute atomic E-state index is 13.0. The number of carbonyl (C=O) groups is 1. The molecule has 0 radical (unpaired) electrons. The third-order valence-corrected chi connectivity index (χ3v) is 5.36. The Kier molecular flexibility index (Phi) is 6.45. The lowest BCUT2D eigenvalue weighted by molar-refractivity contribution is -0.142. The van der Waals surface area contributed by atoms with Gasteiger partial charge in [-0.2, -0.15) is 0 Å². The van der Waals surface area contributed by atoms with E-state index in [-0.39, 0.29) is 18.2 Å². The van der Waals surface area contributed by atoms with E-state index in [1.165, 1.54) is 5.56 Å². The van der Waals surface area contributed by atoms with Gasteiger partial charge in [-0.1, -0.05) is 37.3 Å². The predicted octanol–water partition coefficient (Wildman–Crippen LogP) is 2.51. The van der Waals surface area contributed by atoms with Crippen LogP contribution in [0.4, 0.5) is 0 Å². The molecular weight excluding hydrogens is 316 g/mol. The molecule has 2 saturated heterocycles. The van der Waals surface area contributed by atoms with Gasteiger partial charge in [-0.15, -0.1) is 0 Å². The maximum Gasteiger partial charge on any atom is 0.239 e. The summed E-state index contributed by atoms with van der Waals surface area (Å²) in [5.41, 5.74) is 1.24. The summed E-state index contributed by atoms with van der Waals surface area (Å²) in [5.74, 6) is 0.682. The average molecular weight is 346 g/mol. The number of amides is 1. The van der Waals surface area contributed by atoms with Crippen molar-refractivity contribution in [3.63, 3.8) is 0 Å². The normalized spacial score (nSPS) is 21.0. The summed E-state index contributed by atoms with van der Waals surface area (Å²) in [7, 11) is 2.05. The lowest BCUT2D eigenvalue weighted by Crippen LogP contribution is -2.50. The van der Waals surface area contributed by atoms with Gasteiger partial charge < -0.3 is 14.4 Å². The van der Waals surface area contributed by atoms with E-state index in [0.717, 1.165) is 38.9 Å². The molecule has 5 heteroatoms. The number of likely N-dealkylation sites (tertiary alicyclic amines) is 1. The molecule has 0 aliphatic carbocycles. The molecule has 25 heavy (non-hydrogen) atoms. The zero-order chi connectivity index (χ0) is 17.6. The van der Waals surface area contributed by atoms with Crippen molar-refractivity contribution in [2.24, 2.45) is 5.92 Å². The first-order valence-corrected chi connectivity index (χ1v) is 9.45. The Morgan fingerprint density at radius 1 is 1.20 bits per heavy atom. The number of piperidine rings is 1. The molecule has 0 spiro atoms. The first-order valence-electron chi connectivity index (χ1n) is 9.45. The van der Waals surface area contributed by atoms with Crippen molar-refractivity contribution in [1.82, 2.24) is 9.80 Å². The minimum absolute atomic E-state index is 0.0556. The fraction of sp³-hybridized carbons (Fsp3) is 0.650. The van der Waals surface area contributed by atoms with Crippen molar-refractivity contribution in [3.8, 4) is 0 Å². The number of ether oxygens (including phenoxy) is 2. The van der Waals surface area contributed by atoms with Gasteiger partial charge in [0.25, 0.3) is 0 Å². The predicted molar refractivity (Wildman–Crippen MR) is 97.0 cm³/mol. The first-order chi connectivity index (χ1) is 12.2. The van der Waals surface area contributed by atoms with Crippen molar-refractivity contribution < 1.29 is 14.3 Å². The van der Waals surface area contributed by atoms with E-state index >= 15 is 0 Å². The summed E-state index contributed by atoms with van der Waals surface area (Å²) in [5, 5.41) is 0. The highest BCUT2D eigenvalue weighted by atomic mass is 16.7. The third-order valence-electron chi connectivity index (χ3n) is 5.36. The van der Waals surface area contributed by atoms with Crippen molar-refractivity contribution in [1.29, 1.82) is 0 Å². The number of nitrogens with zero attached hydrogens (tertiary/aromatic N) is 2. The van der Waals surface area contributed by atoms with E-state index in [1.54, 1.807) is 0 Å². The van der Waals surface area contributed by atoms with Crippen LogP contribution in [0, 0.1) is 5.92 Å². The molecule has 0 N–H and O–H groups in total. The summed E-state index contributed by atoms with van der Waals surface area (Å²) in [6.07, 6.45) is 2.71. The number of likely N-dealkylation sites (N-methyl/N-ethyl adjacent to an activating group) is 1. The standard InChI is InChI=1S/C20H30N2O3/c1-3-18(21(2)15-16-7-5-4-6-8-16)19(23)22-11-9-17(10-12-22)20-24-13-14-25-20/h4-8,17-18,20H,3,9-15H2,1-2H3/t18-/m1/s1. The van der Waals surface area contributed by atoms with E-state index in [1.807, 2.05) is 30.1 Å². The van der Waals surface area contributed by atoms with E-state index in [4.69, 9.17) is 9.47 Å². The van der Waals surface area contributed by atoms with Gasteiger partial charge in [-0.05, 0) is 31.9 Å². The fourth-order valence-electron chi connectivity index (χ4n) is 3.91. The van der Waals surface area contributed by atoms with Crippen molar-refractivity contribution in [2.75, 3.05) is 33.4 Å². The van der Waals surface area contributed by atoms with E-state index in [2.05, 4.69) is 24.0 Å². The Morgan fingerprint density at radius 3 is 2.44 bits per heavy atom. The minimum Gasteiger partial charge on any atom is -0.350 e. The van der Waals surface area contributed by atoms with Crippen LogP contribution in [0.5, 0.6) is 0 Å². The molecule has 0 saturated carbocycles. The highest BCUT2D eigenvalue weighted by molar-refractivity contribution is 5.81. The van der Waals surface area contributed by atoms with Gasteiger partial charge in [0.15, 0.2) is 6.29 Å². The summed E-state index contributed by atoms with van der Waals surface area (Å²) < 4.78 is 11.3. The Morgan fingerprint density at radius 2 is 1.84 bits per heavy atom. The van der Waals surface area contributed by atoms with Gasteiger partial charge in [0.2, 0.25) is 5.91 Å². The second kappa shape index (κ2) is 8.79. The zero-order valence-electron chi connectivity index (χ0n) is 15.4. The van der Waals surface area contributed by atoms with Gasteiger partial charge >= 0.3 is 0 Å². The van der Waals surface area contributed by atoms with Crippen LogP contribution in [0.15, 0.2) is 30.3 Å². The number of hydrogen-bond donors (Lipinski definition) is 0. The number of rotatable bonds is 6. The molecule has 2 aliphatic heterocycles. The van der Waals surface area contributed by atoms with Crippen molar-refractivity contribution >= 4 is 5.91 Å². The summed E-state index contributed by atoms with van der Waals surface area (Å²) >= 11 is 0. The smallest absolute Gasteiger partial charge is 0.239 e.